The summed E-state index contributed by atoms with van der Waals surface area (Å²) in [4.78, 5) is 39.1. The average Bonchev–Trinajstić information content (AvgIpc) is 2.79. The largest absolute Gasteiger partial charge is 0.507 e. The Morgan fingerprint density at radius 3 is 2.62 bits per heavy atom. The number of benzene rings is 2. The Bertz CT molecular complexity index is 1260. The van der Waals surface area contributed by atoms with Crippen LogP contribution in [0, 0.1) is 6.92 Å². The summed E-state index contributed by atoms with van der Waals surface area (Å²) in [6.07, 6.45) is -1.14. The molecule has 2 heterocycles. The van der Waals surface area contributed by atoms with E-state index in [1.807, 2.05) is 0 Å². The monoisotopic (exact) mass is 437 g/mol. The first-order chi connectivity index (χ1) is 15.9. The second-order valence-electron chi connectivity index (χ2n) is 7.62. The highest BCUT2D eigenvalue weighted by Crippen LogP contribution is 2.31. The molecule has 1 aliphatic heterocycles. The van der Waals surface area contributed by atoms with Crippen LogP contribution in [0.3, 0.4) is 0 Å². The number of carbonyl (C=O) groups excluding carboxylic acids is 2. The summed E-state index contributed by atoms with van der Waals surface area (Å²) < 4.78 is 18.0. The number of aldehydes is 1. The van der Waals surface area contributed by atoms with E-state index in [0.29, 0.717) is 41.8 Å². The third kappa shape index (κ3) is 4.28. The number of carbonyl (C=O) groups is 2. The molecule has 1 aliphatic rings. The number of phenols is 1. The van der Waals surface area contributed by atoms with Gasteiger partial charge in [0.1, 0.15) is 7.12 Å². The van der Waals surface area contributed by atoms with Gasteiger partial charge in [0.25, 0.3) is 5.91 Å². The van der Waals surface area contributed by atoms with Crippen molar-refractivity contribution in [3.63, 3.8) is 0 Å². The van der Waals surface area contributed by atoms with Crippen molar-refractivity contribution >= 4 is 23.1 Å². The van der Waals surface area contributed by atoms with Gasteiger partial charge in [-0.05, 0) is 42.3 Å². The number of amides is 1. The first kappa shape index (κ1) is 20.4. The molecule has 0 aliphatic carbocycles. The van der Waals surface area contributed by atoms with Gasteiger partial charge in [-0.1, -0.05) is 12.1 Å². The van der Waals surface area contributed by atoms with E-state index < -0.39 is 17.6 Å². The van der Waals surface area contributed by atoms with Crippen LogP contribution in [0.25, 0.3) is 22.1 Å². The van der Waals surface area contributed by atoms with Crippen molar-refractivity contribution in [3.8, 4) is 16.9 Å². The van der Waals surface area contributed by atoms with Gasteiger partial charge in [0.2, 0.25) is 0 Å². The summed E-state index contributed by atoms with van der Waals surface area (Å²) >= 11 is 0. The van der Waals surface area contributed by atoms with Crippen molar-refractivity contribution < 1.29 is 25.2 Å². The highest BCUT2D eigenvalue weighted by molar-refractivity contribution is 6.00. The third-order valence-corrected chi connectivity index (χ3v) is 5.67. The lowest BCUT2D eigenvalue weighted by molar-refractivity contribution is 0.0383. The van der Waals surface area contributed by atoms with Crippen molar-refractivity contribution in [1.29, 1.82) is 0 Å². The minimum absolute atomic E-state index is 0.113. The van der Waals surface area contributed by atoms with Crippen molar-refractivity contribution in [2.24, 2.45) is 0 Å². The summed E-state index contributed by atoms with van der Waals surface area (Å²) in [5.41, 5.74) is 0.703. The summed E-state index contributed by atoms with van der Waals surface area (Å²) in [5, 5.41) is 13.3. The maximum absolute atomic E-state index is 12.7. The van der Waals surface area contributed by atoms with Crippen LogP contribution in [0.1, 0.15) is 27.7 Å². The van der Waals surface area contributed by atoms with Crippen LogP contribution in [0.15, 0.2) is 45.6 Å². The molecule has 0 radical (unpaired) electrons. The summed E-state index contributed by atoms with van der Waals surface area (Å²) in [5.74, 6) is -0.618. The fourth-order valence-electron chi connectivity index (χ4n) is 3.88. The van der Waals surface area contributed by atoms with Gasteiger partial charge >= 0.3 is 5.63 Å². The van der Waals surface area contributed by atoms with E-state index in [2.05, 4.69) is 10.2 Å². The number of nitrogens with one attached hydrogen (secondary N) is 1. The van der Waals surface area contributed by atoms with Gasteiger partial charge in [-0.25, -0.2) is 4.79 Å². The van der Waals surface area contributed by atoms with Crippen molar-refractivity contribution in [2.45, 2.75) is 6.92 Å². The highest BCUT2D eigenvalue weighted by Gasteiger charge is 2.18. The molecular formula is C24H24N2O6. The SMILES string of the molecule is [2H]C(=O)c1c(O)ccc2c(C)c(-c3ccc(C(=O)NCCN4CCOCC4)cc3)c(=O)oc12. The number of ether oxygens (including phenoxy) is 1. The maximum Gasteiger partial charge on any atom is 0.344 e. The standard InChI is InChI=1S/C24H24N2O6/c1-15-18-6-7-20(28)19(14-27)22(18)32-24(30)21(15)16-2-4-17(5-3-16)23(29)25-8-9-26-10-12-31-13-11-26/h2-7,14,28H,8-13H2,1H3,(H,25,29)/i14D. The fourth-order valence-corrected chi connectivity index (χ4v) is 3.88. The Labute approximate surface area is 185 Å². The molecule has 1 saturated heterocycles. The minimum Gasteiger partial charge on any atom is -0.507 e. The van der Waals surface area contributed by atoms with Crippen LogP contribution in [-0.2, 0) is 4.74 Å². The fraction of sp³-hybridized carbons (Fsp3) is 0.292. The van der Waals surface area contributed by atoms with Crippen LogP contribution < -0.4 is 10.9 Å². The number of aryl methyl sites for hydroxylation is 1. The van der Waals surface area contributed by atoms with Crippen molar-refractivity contribution in [2.75, 3.05) is 39.4 Å². The second-order valence-corrected chi connectivity index (χ2v) is 7.62. The quantitative estimate of drug-likeness (QED) is 0.450. The van der Waals surface area contributed by atoms with Crippen molar-refractivity contribution in [3.05, 3.63) is 63.5 Å². The van der Waals surface area contributed by atoms with Crippen LogP contribution in [0.5, 0.6) is 5.75 Å². The van der Waals surface area contributed by atoms with Gasteiger partial charge in [0.05, 0.1) is 24.3 Å². The lowest BCUT2D eigenvalue weighted by Gasteiger charge is -2.26. The number of aromatic hydroxyl groups is 1. The topological polar surface area (TPSA) is 109 Å². The molecule has 0 spiro atoms. The number of nitrogens with zero attached hydrogens (tertiary/aromatic N) is 1. The zero-order chi connectivity index (χ0) is 23.5. The highest BCUT2D eigenvalue weighted by atomic mass is 16.5. The number of hydrogen-bond acceptors (Lipinski definition) is 7. The van der Waals surface area contributed by atoms with Crippen LogP contribution >= 0.6 is 0 Å². The molecule has 32 heavy (non-hydrogen) atoms. The van der Waals surface area contributed by atoms with Gasteiger partial charge in [-0.15, -0.1) is 0 Å². The molecule has 0 atom stereocenters. The molecule has 2 N–H and O–H groups in total. The van der Waals surface area contributed by atoms with Crippen molar-refractivity contribution in [1.82, 2.24) is 10.2 Å². The second kappa shape index (κ2) is 9.33. The molecule has 0 bridgehead atoms. The van der Waals surface area contributed by atoms with Crippen LogP contribution in [0.4, 0.5) is 0 Å². The predicted octanol–water partition coefficient (Wildman–Crippen LogP) is 2.35. The van der Waals surface area contributed by atoms with Crippen LogP contribution in [-0.4, -0.2) is 61.6 Å². The predicted molar refractivity (Wildman–Crippen MR) is 119 cm³/mol. The molecule has 1 aromatic heterocycles. The first-order valence-electron chi connectivity index (χ1n) is 10.9. The lowest BCUT2D eigenvalue weighted by atomic mass is 9.97. The Morgan fingerprint density at radius 2 is 1.94 bits per heavy atom. The first-order valence-corrected chi connectivity index (χ1v) is 10.4. The van der Waals surface area contributed by atoms with Crippen LogP contribution in [0.2, 0.25) is 0 Å². The number of hydrogen-bond donors (Lipinski definition) is 2. The molecule has 8 nitrogen and oxygen atoms in total. The van der Waals surface area contributed by atoms with E-state index in [1.165, 1.54) is 12.1 Å². The van der Waals surface area contributed by atoms with E-state index in [0.717, 1.165) is 19.6 Å². The average molecular weight is 437 g/mol. The third-order valence-electron chi connectivity index (χ3n) is 5.67. The molecule has 4 rings (SSSR count). The summed E-state index contributed by atoms with van der Waals surface area (Å²) in [6, 6.07) is 9.44. The number of morpholine rings is 1. The molecule has 2 aromatic carbocycles. The van der Waals surface area contributed by atoms with E-state index >= 15 is 0 Å². The molecule has 3 aromatic rings. The number of phenolic OH excluding ortho intramolecular Hbond substituents is 1. The van der Waals surface area contributed by atoms with E-state index in [-0.39, 0.29) is 22.6 Å². The molecule has 1 fully saturated rings. The number of rotatable bonds is 6. The lowest BCUT2D eigenvalue weighted by Crippen LogP contribution is -2.41. The Kier molecular flexibility index (Phi) is 5.96. The normalized spacial score (nSPS) is 14.8. The molecule has 1 amide bonds. The number of fused-ring (bicyclic) bond motifs is 1. The zero-order valence-electron chi connectivity index (χ0n) is 18.6. The van der Waals surface area contributed by atoms with E-state index in [4.69, 9.17) is 10.5 Å². The summed E-state index contributed by atoms with van der Waals surface area (Å²) in [7, 11) is 0. The van der Waals surface area contributed by atoms with Gasteiger partial charge < -0.3 is 19.6 Å². The van der Waals surface area contributed by atoms with E-state index in [9.17, 15) is 19.5 Å². The van der Waals surface area contributed by atoms with Gasteiger partial charge in [-0.3, -0.25) is 14.5 Å². The molecule has 0 saturated carbocycles. The maximum atomic E-state index is 12.7. The molecular weight excluding hydrogens is 412 g/mol. The van der Waals surface area contributed by atoms with Gasteiger partial charge in [0.15, 0.2) is 11.8 Å². The molecule has 0 unspecified atom stereocenters. The molecule has 8 heteroatoms. The minimum atomic E-state index is -1.14. The summed E-state index contributed by atoms with van der Waals surface area (Å²) in [6.45, 7) is 6.11. The smallest absolute Gasteiger partial charge is 0.344 e. The van der Waals surface area contributed by atoms with E-state index in [1.54, 1.807) is 31.2 Å². The Hall–Kier alpha value is -3.49. The Balaban J connectivity index is 1.55. The zero-order valence-corrected chi connectivity index (χ0v) is 17.6. The van der Waals surface area contributed by atoms with Gasteiger partial charge in [0, 0.05) is 37.1 Å². The molecule has 166 valence electrons. The Morgan fingerprint density at radius 1 is 1.22 bits per heavy atom. The van der Waals surface area contributed by atoms with Gasteiger partial charge in [-0.2, -0.15) is 0 Å².